The summed E-state index contributed by atoms with van der Waals surface area (Å²) in [7, 11) is -12.7. The lowest BCUT2D eigenvalue weighted by molar-refractivity contribution is -0.149. The lowest BCUT2D eigenvalue weighted by Crippen LogP contribution is -2.32. The Morgan fingerprint density at radius 3 is 2.40 bits per heavy atom. The molecule has 1 aromatic carbocycles. The van der Waals surface area contributed by atoms with Gasteiger partial charge < -0.3 is 38.7 Å². The van der Waals surface area contributed by atoms with Gasteiger partial charge >= 0.3 is 26.8 Å². The normalized spacial score (nSPS) is 24.6. The van der Waals surface area contributed by atoms with Gasteiger partial charge in [0, 0.05) is 24.5 Å². The molecule has 6 atom stereocenters. The van der Waals surface area contributed by atoms with E-state index in [0.29, 0.717) is 12.3 Å². The van der Waals surface area contributed by atoms with Gasteiger partial charge in [0.05, 0.1) is 19.4 Å². The van der Waals surface area contributed by atoms with Crippen LogP contribution in [0.1, 0.15) is 18.2 Å². The molecular weight excluding hydrogens is 735 g/mol. The van der Waals surface area contributed by atoms with Crippen LogP contribution in [-0.4, -0.2) is 101 Å². The highest BCUT2D eigenvalue weighted by Crippen LogP contribution is 2.73. The van der Waals surface area contributed by atoms with Gasteiger partial charge in [0.1, 0.15) is 18.3 Å². The molecule has 2 aliphatic rings. The Morgan fingerprint density at radius 1 is 1.02 bits per heavy atom. The molecule has 4 N–H and O–H groups in total. The molecule has 2 aromatic heterocycles. The summed E-state index contributed by atoms with van der Waals surface area (Å²) in [5.41, 5.74) is 1.17. The van der Waals surface area contributed by atoms with Gasteiger partial charge in [0.15, 0.2) is 34.7 Å². The molecule has 0 aliphatic carbocycles. The SMILES string of the molecule is CSCCNc1nc(SCCC(F)(F)F)nc2c1ncn2[C@@H]1O[C@H](COP(=O)(O)C(F)(F)P(=O)(O)O)[C@H]2OC(Cc3ccccc3)O[C@H]21. The fraction of sp³-hybridized carbons (Fsp3) is 0.560. The van der Waals surface area contributed by atoms with Crippen molar-refractivity contribution < 1.29 is 64.5 Å². The molecule has 3 aromatic rings. The Morgan fingerprint density at radius 2 is 1.73 bits per heavy atom. The fourth-order valence-corrected chi connectivity index (χ4v) is 8.00. The molecule has 2 aliphatic heterocycles. The highest BCUT2D eigenvalue weighted by Gasteiger charge is 2.65. The number of hydrogen-bond donors (Lipinski definition) is 4. The lowest BCUT2D eigenvalue weighted by atomic mass is 10.1. The number of aromatic nitrogens is 4. The highest BCUT2D eigenvalue weighted by atomic mass is 32.2. The number of benzene rings is 1. The van der Waals surface area contributed by atoms with E-state index in [9.17, 15) is 36.0 Å². The van der Waals surface area contributed by atoms with Gasteiger partial charge in [-0.25, -0.2) is 15.0 Å². The van der Waals surface area contributed by atoms with Gasteiger partial charge in [-0.15, -0.1) is 0 Å². The Kier molecular flexibility index (Phi) is 11.5. The monoisotopic (exact) mass is 765 g/mol. The predicted octanol–water partition coefficient (Wildman–Crippen LogP) is 4.83. The molecule has 5 rings (SSSR count). The van der Waals surface area contributed by atoms with E-state index in [1.165, 1.54) is 10.9 Å². The number of thioether (sulfide) groups is 2. The van der Waals surface area contributed by atoms with Gasteiger partial charge in [-0.05, 0) is 11.8 Å². The Balaban J connectivity index is 1.46. The molecular formula is C25H30F5N5O9P2S2. The third-order valence-corrected chi connectivity index (χ3v) is 12.0. The largest absolute Gasteiger partial charge is 0.443 e. The lowest BCUT2D eigenvalue weighted by Gasteiger charge is -2.25. The molecule has 0 bridgehead atoms. The van der Waals surface area contributed by atoms with Gasteiger partial charge in [0.25, 0.3) is 0 Å². The smallest absolute Gasteiger partial charge is 0.367 e. The summed E-state index contributed by atoms with van der Waals surface area (Å²) in [5.74, 6) is 0.544. The van der Waals surface area contributed by atoms with E-state index in [2.05, 4.69) is 24.8 Å². The number of fused-ring (bicyclic) bond motifs is 2. The van der Waals surface area contributed by atoms with E-state index in [0.717, 1.165) is 17.3 Å². The maximum absolute atomic E-state index is 14.2. The van der Waals surface area contributed by atoms with Gasteiger partial charge in [-0.3, -0.25) is 13.7 Å². The van der Waals surface area contributed by atoms with Crippen LogP contribution in [0.25, 0.3) is 11.2 Å². The first-order valence-electron chi connectivity index (χ1n) is 14.1. The molecule has 0 radical (unpaired) electrons. The van der Waals surface area contributed by atoms with E-state index < -0.39 is 70.6 Å². The number of halogens is 5. The van der Waals surface area contributed by atoms with Crippen molar-refractivity contribution >= 4 is 55.7 Å². The second-order valence-electron chi connectivity index (χ2n) is 10.6. The number of ether oxygens (including phenoxy) is 3. The topological polar surface area (TPSA) is 187 Å². The molecule has 0 saturated carbocycles. The number of imidazole rings is 1. The number of anilines is 1. The molecule has 0 spiro atoms. The average Bonchev–Trinajstić information content (AvgIpc) is 3.69. The summed E-state index contributed by atoms with van der Waals surface area (Å²) in [6, 6.07) is 9.01. The van der Waals surface area contributed by atoms with Crippen molar-refractivity contribution in [3.63, 3.8) is 0 Å². The van der Waals surface area contributed by atoms with E-state index >= 15 is 0 Å². The second kappa shape index (κ2) is 14.8. The summed E-state index contributed by atoms with van der Waals surface area (Å²) in [5, 5.41) is -2.31. The van der Waals surface area contributed by atoms with Crippen molar-refractivity contribution in [2.24, 2.45) is 0 Å². The number of nitrogens with one attached hydrogen (secondary N) is 1. The Hall–Kier alpha value is -1.90. The van der Waals surface area contributed by atoms with Crippen LogP contribution in [0.2, 0.25) is 0 Å². The molecule has 0 amide bonds. The molecule has 4 heterocycles. The molecule has 266 valence electrons. The summed E-state index contributed by atoms with van der Waals surface area (Å²) < 4.78 is 115. The highest BCUT2D eigenvalue weighted by molar-refractivity contribution is 7.99. The van der Waals surface area contributed by atoms with Gasteiger partial charge in [-0.1, -0.05) is 42.1 Å². The van der Waals surface area contributed by atoms with Crippen molar-refractivity contribution in [1.82, 2.24) is 19.5 Å². The zero-order valence-corrected chi connectivity index (χ0v) is 28.2. The van der Waals surface area contributed by atoms with Crippen molar-refractivity contribution in [2.45, 2.75) is 60.4 Å². The van der Waals surface area contributed by atoms with Crippen LogP contribution in [0, 0.1) is 0 Å². The maximum Gasteiger partial charge on any atom is 0.443 e. The van der Waals surface area contributed by atoms with E-state index in [1.54, 1.807) is 30.0 Å². The average molecular weight is 766 g/mol. The summed E-state index contributed by atoms with van der Waals surface area (Å²) in [6.07, 6.45) is -7.66. The third kappa shape index (κ3) is 8.34. The van der Waals surface area contributed by atoms with E-state index in [4.69, 9.17) is 24.0 Å². The minimum absolute atomic E-state index is 0.000938. The van der Waals surface area contributed by atoms with Crippen molar-refractivity contribution in [3.05, 3.63) is 42.2 Å². The first-order chi connectivity index (χ1) is 22.5. The van der Waals surface area contributed by atoms with Crippen molar-refractivity contribution in [2.75, 3.05) is 36.2 Å². The number of alkyl halides is 5. The Bertz CT molecular complexity index is 1670. The first-order valence-corrected chi connectivity index (χ1v) is 19.7. The van der Waals surface area contributed by atoms with Crippen LogP contribution in [0.15, 0.2) is 41.8 Å². The first kappa shape index (κ1) is 37.4. The molecule has 2 unspecified atom stereocenters. The fourth-order valence-electron chi connectivity index (χ4n) is 4.88. The minimum Gasteiger partial charge on any atom is -0.367 e. The molecule has 48 heavy (non-hydrogen) atoms. The third-order valence-electron chi connectivity index (χ3n) is 7.14. The maximum atomic E-state index is 14.2. The zero-order chi connectivity index (χ0) is 34.9. The van der Waals surface area contributed by atoms with E-state index in [-0.39, 0.29) is 34.3 Å². The van der Waals surface area contributed by atoms with Crippen LogP contribution >= 0.6 is 38.7 Å². The predicted molar refractivity (Wildman–Crippen MR) is 164 cm³/mol. The van der Waals surface area contributed by atoms with Crippen LogP contribution in [0.4, 0.5) is 27.8 Å². The standard InChI is InChI=1S/C25H30F5N5O9P2S2/c1-47-10-8-31-20-17-21(34-23(33-20)48-9-7-24(26,27)28)35(13-32-17)22-19-18(43-16(44-19)11-14-5-3-2-4-6-14)15(42-22)12-41-46(39,40)25(29,30)45(36,37)38/h2-6,13,15-16,18-19,22H,7-12H2,1H3,(H,39,40)(H,31,33,34)(H2,36,37,38)/t15-,16?,18-,19-,22-/m1/s1. The van der Waals surface area contributed by atoms with Gasteiger partial charge in [0.2, 0.25) is 0 Å². The molecule has 14 nitrogen and oxygen atoms in total. The Labute approximate surface area is 278 Å². The molecule has 23 heteroatoms. The quantitative estimate of drug-likeness (QED) is 0.0542. The van der Waals surface area contributed by atoms with Crippen LogP contribution in [0.5, 0.6) is 0 Å². The van der Waals surface area contributed by atoms with Crippen LogP contribution < -0.4 is 5.32 Å². The van der Waals surface area contributed by atoms with E-state index in [1.807, 2.05) is 18.4 Å². The van der Waals surface area contributed by atoms with Crippen molar-refractivity contribution in [1.29, 1.82) is 0 Å². The van der Waals surface area contributed by atoms with Crippen LogP contribution in [-0.2, 0) is 34.3 Å². The summed E-state index contributed by atoms with van der Waals surface area (Å²) >= 11 is 2.31. The number of nitrogens with zero attached hydrogens (tertiary/aromatic N) is 4. The summed E-state index contributed by atoms with van der Waals surface area (Å²) in [6.45, 7) is -0.625. The summed E-state index contributed by atoms with van der Waals surface area (Å²) in [4.78, 5) is 40.9. The minimum atomic E-state index is -6.41. The molecule has 2 saturated heterocycles. The second-order valence-corrected chi connectivity index (χ2v) is 16.5. The zero-order valence-electron chi connectivity index (χ0n) is 24.8. The number of rotatable bonds is 15. The van der Waals surface area contributed by atoms with Crippen molar-refractivity contribution in [3.8, 4) is 0 Å². The van der Waals surface area contributed by atoms with Crippen LogP contribution in [0.3, 0.4) is 0 Å². The van der Waals surface area contributed by atoms with Gasteiger partial charge in [-0.2, -0.15) is 33.7 Å². The number of hydrogen-bond acceptors (Lipinski definition) is 12. The molecule has 2 fully saturated rings.